The third-order valence-electron chi connectivity index (χ3n) is 2.59. The van der Waals surface area contributed by atoms with Crippen molar-refractivity contribution in [2.24, 2.45) is 0 Å². The van der Waals surface area contributed by atoms with E-state index in [0.29, 0.717) is 0 Å². The van der Waals surface area contributed by atoms with E-state index in [-0.39, 0.29) is 0 Å². The lowest BCUT2D eigenvalue weighted by Gasteiger charge is -2.27. The van der Waals surface area contributed by atoms with Crippen LogP contribution in [0.1, 0.15) is 0 Å². The topological polar surface area (TPSA) is 0 Å². The smallest absolute Gasteiger partial charge is 0.167 e. The SMILES string of the molecule is C=C(C(F)(F)F)[Si](C)(C)c1ccccc1. The van der Waals surface area contributed by atoms with Gasteiger partial charge in [-0.05, 0) is 0 Å². The molecule has 15 heavy (non-hydrogen) atoms. The van der Waals surface area contributed by atoms with Gasteiger partial charge < -0.3 is 0 Å². The second-order valence-corrected chi connectivity index (χ2v) is 8.40. The van der Waals surface area contributed by atoms with Gasteiger partial charge in [-0.3, -0.25) is 0 Å². The lowest BCUT2D eigenvalue weighted by Crippen LogP contribution is -2.47. The van der Waals surface area contributed by atoms with Gasteiger partial charge in [0, 0.05) is 5.20 Å². The molecule has 0 heterocycles. The van der Waals surface area contributed by atoms with Crippen LogP contribution in [0.15, 0.2) is 42.1 Å². The maximum atomic E-state index is 12.6. The lowest BCUT2D eigenvalue weighted by molar-refractivity contribution is -0.0852. The zero-order chi connectivity index (χ0) is 11.7. The number of allylic oxidation sites excluding steroid dienone is 1. The predicted octanol–water partition coefficient (Wildman–Crippen LogP) is 3.26. The molecule has 82 valence electrons. The van der Waals surface area contributed by atoms with Gasteiger partial charge in [-0.1, -0.05) is 55.2 Å². The normalized spacial score (nSPS) is 12.6. The van der Waals surface area contributed by atoms with Crippen LogP contribution in [0, 0.1) is 0 Å². The highest BCUT2D eigenvalue weighted by molar-refractivity contribution is 6.95. The van der Waals surface area contributed by atoms with Gasteiger partial charge in [-0.15, -0.1) is 0 Å². The van der Waals surface area contributed by atoms with Crippen LogP contribution in [0.4, 0.5) is 13.2 Å². The molecule has 0 radical (unpaired) electrons. The summed E-state index contributed by atoms with van der Waals surface area (Å²) in [7, 11) is -2.64. The third kappa shape index (κ3) is 2.50. The van der Waals surface area contributed by atoms with Gasteiger partial charge in [0.1, 0.15) is 8.07 Å². The molecule has 1 rings (SSSR count). The van der Waals surface area contributed by atoms with E-state index in [4.69, 9.17) is 0 Å². The third-order valence-corrected chi connectivity index (χ3v) is 6.16. The van der Waals surface area contributed by atoms with E-state index in [1.165, 1.54) is 0 Å². The summed E-state index contributed by atoms with van der Waals surface area (Å²) in [6, 6.07) is 8.79. The quantitative estimate of drug-likeness (QED) is 0.684. The van der Waals surface area contributed by atoms with Crippen LogP contribution >= 0.6 is 0 Å². The van der Waals surface area contributed by atoms with Gasteiger partial charge in [0.25, 0.3) is 0 Å². The molecule has 0 unspecified atom stereocenters. The van der Waals surface area contributed by atoms with Gasteiger partial charge in [0.2, 0.25) is 0 Å². The first-order valence-electron chi connectivity index (χ1n) is 4.58. The van der Waals surface area contributed by atoms with Crippen molar-refractivity contribution in [2.75, 3.05) is 0 Å². The van der Waals surface area contributed by atoms with Crippen LogP contribution in [0.5, 0.6) is 0 Å². The fourth-order valence-electron chi connectivity index (χ4n) is 1.38. The number of hydrogen-bond acceptors (Lipinski definition) is 0. The Morgan fingerprint density at radius 1 is 1.13 bits per heavy atom. The Bertz CT molecular complexity index is 352. The van der Waals surface area contributed by atoms with Crippen molar-refractivity contribution in [3.8, 4) is 0 Å². The van der Waals surface area contributed by atoms with Crippen LogP contribution in [-0.2, 0) is 0 Å². The molecular weight excluding hydrogens is 217 g/mol. The highest BCUT2D eigenvalue weighted by Gasteiger charge is 2.43. The maximum absolute atomic E-state index is 12.6. The molecule has 0 saturated carbocycles. The van der Waals surface area contributed by atoms with Crippen LogP contribution in [0.2, 0.25) is 13.1 Å². The van der Waals surface area contributed by atoms with E-state index >= 15 is 0 Å². The van der Waals surface area contributed by atoms with E-state index < -0.39 is 19.4 Å². The molecule has 0 nitrogen and oxygen atoms in total. The summed E-state index contributed by atoms with van der Waals surface area (Å²) >= 11 is 0. The molecule has 0 bridgehead atoms. The largest absolute Gasteiger partial charge is 0.408 e. The second kappa shape index (κ2) is 3.85. The van der Waals surface area contributed by atoms with Crippen molar-refractivity contribution in [3.05, 3.63) is 42.1 Å². The molecule has 0 aliphatic heterocycles. The fraction of sp³-hybridized carbons (Fsp3) is 0.273. The van der Waals surface area contributed by atoms with Crippen LogP contribution in [0.25, 0.3) is 0 Å². The van der Waals surface area contributed by atoms with Crippen LogP contribution < -0.4 is 5.19 Å². The van der Waals surface area contributed by atoms with Gasteiger partial charge >= 0.3 is 6.18 Å². The lowest BCUT2D eigenvalue weighted by atomic mass is 10.4. The highest BCUT2D eigenvalue weighted by Crippen LogP contribution is 2.31. The summed E-state index contributed by atoms with van der Waals surface area (Å²) in [5.41, 5.74) is 0. The van der Waals surface area contributed by atoms with Crippen LogP contribution in [0.3, 0.4) is 0 Å². The van der Waals surface area contributed by atoms with Crippen molar-refractivity contribution in [1.82, 2.24) is 0 Å². The summed E-state index contributed by atoms with van der Waals surface area (Å²) in [4.78, 5) is 0. The first-order chi connectivity index (χ1) is 6.76. The standard InChI is InChI=1S/C11H13F3Si/c1-9(11(12,13)14)15(2,3)10-7-5-4-6-8-10/h4-8H,1H2,2-3H3. The number of benzene rings is 1. The number of halogens is 3. The van der Waals surface area contributed by atoms with E-state index in [0.717, 1.165) is 5.19 Å². The Morgan fingerprint density at radius 3 is 2.00 bits per heavy atom. The zero-order valence-corrected chi connectivity index (χ0v) is 9.73. The minimum Gasteiger partial charge on any atom is -0.167 e. The average Bonchev–Trinajstić information content (AvgIpc) is 2.16. The molecule has 4 heteroatoms. The van der Waals surface area contributed by atoms with E-state index in [1.54, 1.807) is 43.4 Å². The van der Waals surface area contributed by atoms with E-state index in [9.17, 15) is 13.2 Å². The minimum atomic E-state index is -4.29. The molecule has 0 N–H and O–H groups in total. The van der Waals surface area contributed by atoms with Crippen molar-refractivity contribution in [2.45, 2.75) is 19.3 Å². The summed E-state index contributed by atoms with van der Waals surface area (Å²) in [6.07, 6.45) is -4.29. The molecule has 0 fully saturated rings. The molecule has 0 saturated heterocycles. The van der Waals surface area contributed by atoms with Crippen molar-refractivity contribution < 1.29 is 13.2 Å². The monoisotopic (exact) mass is 230 g/mol. The summed E-state index contributed by atoms with van der Waals surface area (Å²) in [6.45, 7) is 6.54. The number of hydrogen-bond donors (Lipinski definition) is 0. The molecule has 1 aromatic carbocycles. The van der Waals surface area contributed by atoms with Crippen molar-refractivity contribution in [1.29, 1.82) is 0 Å². The number of rotatable bonds is 2. The molecule has 0 aliphatic carbocycles. The Kier molecular flexibility index (Phi) is 3.09. The number of alkyl halides is 3. The molecule has 1 aromatic rings. The van der Waals surface area contributed by atoms with Gasteiger partial charge in [-0.25, -0.2) is 0 Å². The van der Waals surface area contributed by atoms with E-state index in [1.807, 2.05) is 0 Å². The van der Waals surface area contributed by atoms with Gasteiger partial charge in [0.05, 0.1) is 0 Å². The summed E-state index contributed by atoms with van der Waals surface area (Å²) in [5.74, 6) is 0. The molecule has 0 aliphatic rings. The molecule has 0 spiro atoms. The fourth-order valence-corrected chi connectivity index (χ4v) is 3.47. The summed E-state index contributed by atoms with van der Waals surface area (Å²) < 4.78 is 37.7. The first-order valence-corrected chi connectivity index (χ1v) is 7.58. The average molecular weight is 230 g/mol. The second-order valence-electron chi connectivity index (χ2n) is 3.97. The Balaban J connectivity index is 3.09. The molecule has 0 aromatic heterocycles. The Morgan fingerprint density at radius 2 is 1.60 bits per heavy atom. The summed E-state index contributed by atoms with van der Waals surface area (Å²) in [5, 5.41) is 0.175. The van der Waals surface area contributed by atoms with Gasteiger partial charge in [0.15, 0.2) is 0 Å². The van der Waals surface area contributed by atoms with E-state index in [2.05, 4.69) is 6.58 Å². The first kappa shape index (κ1) is 12.0. The molecule has 0 amide bonds. The zero-order valence-electron chi connectivity index (χ0n) is 8.73. The molecule has 0 atom stereocenters. The van der Waals surface area contributed by atoms with Crippen LogP contribution in [-0.4, -0.2) is 14.3 Å². The van der Waals surface area contributed by atoms with Crippen molar-refractivity contribution in [3.63, 3.8) is 0 Å². The maximum Gasteiger partial charge on any atom is 0.408 e. The minimum absolute atomic E-state index is 0.582. The Labute approximate surface area is 88.4 Å². The Hall–Kier alpha value is -1.03. The predicted molar refractivity (Wildman–Crippen MR) is 58.8 cm³/mol. The van der Waals surface area contributed by atoms with Crippen molar-refractivity contribution >= 4 is 13.3 Å². The van der Waals surface area contributed by atoms with Gasteiger partial charge in [-0.2, -0.15) is 13.2 Å². The highest BCUT2D eigenvalue weighted by atomic mass is 28.3. The molecular formula is C11H13F3Si.